The number of rotatable bonds is 4. The second-order valence-corrected chi connectivity index (χ2v) is 5.81. The lowest BCUT2D eigenvalue weighted by Crippen LogP contribution is -2.38. The van der Waals surface area contributed by atoms with Gasteiger partial charge in [-0.2, -0.15) is 0 Å². The molecule has 1 aromatic heterocycles. The molecule has 2 aromatic rings. The lowest BCUT2D eigenvalue weighted by Gasteiger charge is -2.21. The van der Waals surface area contributed by atoms with Crippen molar-refractivity contribution in [1.29, 1.82) is 0 Å². The minimum atomic E-state index is -0.337. The Labute approximate surface area is 128 Å². The zero-order valence-corrected chi connectivity index (χ0v) is 12.9. The first-order valence-electron chi connectivity index (χ1n) is 7.56. The fourth-order valence-electron chi connectivity index (χ4n) is 3.11. The Balaban J connectivity index is 2.07. The lowest BCUT2D eigenvalue weighted by atomic mass is 9.99. The molecule has 0 saturated heterocycles. The van der Waals surface area contributed by atoms with Crippen LogP contribution in [0.1, 0.15) is 29.3 Å². The smallest absolute Gasteiger partial charge is 0.257 e. The van der Waals surface area contributed by atoms with Gasteiger partial charge in [0.2, 0.25) is 5.43 Å². The molecule has 0 fully saturated rings. The summed E-state index contributed by atoms with van der Waals surface area (Å²) in [5.74, 6) is -0.337. The molecule has 1 amide bonds. The maximum absolute atomic E-state index is 12.6. The van der Waals surface area contributed by atoms with E-state index in [2.05, 4.69) is 11.4 Å². The monoisotopic (exact) mass is 300 g/mol. The summed E-state index contributed by atoms with van der Waals surface area (Å²) in [4.78, 5) is 25.0. The van der Waals surface area contributed by atoms with Gasteiger partial charge in [0, 0.05) is 31.3 Å². The van der Waals surface area contributed by atoms with Crippen LogP contribution in [0, 0.1) is 0 Å². The van der Waals surface area contributed by atoms with Crippen LogP contribution in [0.5, 0.6) is 0 Å². The summed E-state index contributed by atoms with van der Waals surface area (Å²) in [6.45, 7) is 3.10. The van der Waals surface area contributed by atoms with Crippen LogP contribution < -0.4 is 10.7 Å². The molecule has 0 unspecified atom stereocenters. The third-order valence-corrected chi connectivity index (χ3v) is 4.06. The largest absolute Gasteiger partial charge is 0.383 e. The van der Waals surface area contributed by atoms with Crippen molar-refractivity contribution in [2.75, 3.05) is 13.7 Å². The fourth-order valence-corrected chi connectivity index (χ4v) is 3.11. The highest BCUT2D eigenvalue weighted by Gasteiger charge is 2.20. The number of methoxy groups -OCH3 is 1. The molecule has 1 aliphatic heterocycles. The quantitative estimate of drug-likeness (QED) is 0.935. The van der Waals surface area contributed by atoms with Crippen LogP contribution in [0.2, 0.25) is 0 Å². The van der Waals surface area contributed by atoms with Crippen LogP contribution in [0.15, 0.2) is 29.2 Å². The maximum Gasteiger partial charge on any atom is 0.257 e. The Morgan fingerprint density at radius 1 is 1.45 bits per heavy atom. The zero-order chi connectivity index (χ0) is 15.7. The van der Waals surface area contributed by atoms with Crippen molar-refractivity contribution in [2.45, 2.75) is 32.4 Å². The second kappa shape index (κ2) is 5.93. The van der Waals surface area contributed by atoms with E-state index in [4.69, 9.17) is 4.74 Å². The van der Waals surface area contributed by atoms with E-state index in [1.54, 1.807) is 19.4 Å². The molecular weight excluding hydrogens is 280 g/mol. The van der Waals surface area contributed by atoms with Crippen molar-refractivity contribution in [1.82, 2.24) is 9.88 Å². The maximum atomic E-state index is 12.6. The van der Waals surface area contributed by atoms with E-state index < -0.39 is 0 Å². The average molecular weight is 300 g/mol. The molecule has 116 valence electrons. The number of hydrogen-bond donors (Lipinski definition) is 1. The lowest BCUT2D eigenvalue weighted by molar-refractivity contribution is 0.0904. The molecule has 1 atom stereocenters. The summed E-state index contributed by atoms with van der Waals surface area (Å²) in [5, 5.41) is 3.44. The summed E-state index contributed by atoms with van der Waals surface area (Å²) in [6, 6.07) is 5.61. The highest BCUT2D eigenvalue weighted by molar-refractivity contribution is 5.98. The molecule has 0 bridgehead atoms. The molecule has 2 heterocycles. The van der Waals surface area contributed by atoms with Gasteiger partial charge in [0.05, 0.1) is 12.1 Å². The Morgan fingerprint density at radius 2 is 2.27 bits per heavy atom. The molecule has 0 radical (unpaired) electrons. The predicted octanol–water partition coefficient (Wildman–Crippen LogP) is 1.71. The van der Waals surface area contributed by atoms with Crippen molar-refractivity contribution in [3.8, 4) is 0 Å². The van der Waals surface area contributed by atoms with Crippen molar-refractivity contribution >= 4 is 16.8 Å². The van der Waals surface area contributed by atoms with Crippen LogP contribution >= 0.6 is 0 Å². The summed E-state index contributed by atoms with van der Waals surface area (Å²) in [5.41, 5.74) is 2.16. The first-order valence-corrected chi connectivity index (χ1v) is 7.56. The first kappa shape index (κ1) is 14.8. The van der Waals surface area contributed by atoms with E-state index >= 15 is 0 Å². The highest BCUT2D eigenvalue weighted by Crippen LogP contribution is 2.23. The van der Waals surface area contributed by atoms with Gasteiger partial charge >= 0.3 is 0 Å². The first-order chi connectivity index (χ1) is 10.6. The van der Waals surface area contributed by atoms with Gasteiger partial charge in [-0.05, 0) is 31.4 Å². The molecule has 3 rings (SSSR count). The van der Waals surface area contributed by atoms with Crippen molar-refractivity contribution in [3.63, 3.8) is 0 Å². The molecule has 0 aliphatic carbocycles. The Morgan fingerprint density at radius 3 is 3.05 bits per heavy atom. The molecule has 22 heavy (non-hydrogen) atoms. The number of pyridine rings is 1. The zero-order valence-electron chi connectivity index (χ0n) is 12.9. The van der Waals surface area contributed by atoms with Gasteiger partial charge in [0.1, 0.15) is 5.56 Å². The molecule has 1 aromatic carbocycles. The normalized spacial score (nSPS) is 14.8. The van der Waals surface area contributed by atoms with E-state index in [1.807, 2.05) is 17.6 Å². The van der Waals surface area contributed by atoms with E-state index in [1.165, 1.54) is 5.56 Å². The highest BCUT2D eigenvalue weighted by atomic mass is 16.5. The predicted molar refractivity (Wildman–Crippen MR) is 85.3 cm³/mol. The molecule has 0 saturated carbocycles. The van der Waals surface area contributed by atoms with Gasteiger partial charge in [0.25, 0.3) is 5.91 Å². The van der Waals surface area contributed by atoms with Crippen LogP contribution in [0.25, 0.3) is 10.9 Å². The van der Waals surface area contributed by atoms with Crippen LogP contribution in [-0.2, 0) is 17.7 Å². The average Bonchev–Trinajstić information content (AvgIpc) is 2.51. The number of carbonyl (C=O) groups excluding carboxylic acids is 1. The molecule has 5 nitrogen and oxygen atoms in total. The Bertz CT molecular complexity index is 779. The number of para-hydroxylation sites is 1. The number of amides is 1. The van der Waals surface area contributed by atoms with Crippen LogP contribution in [0.4, 0.5) is 0 Å². The second-order valence-electron chi connectivity index (χ2n) is 5.81. The van der Waals surface area contributed by atoms with E-state index in [-0.39, 0.29) is 22.9 Å². The summed E-state index contributed by atoms with van der Waals surface area (Å²) >= 11 is 0. The van der Waals surface area contributed by atoms with Crippen LogP contribution in [-0.4, -0.2) is 30.2 Å². The van der Waals surface area contributed by atoms with Gasteiger partial charge < -0.3 is 14.6 Å². The third kappa shape index (κ3) is 2.52. The van der Waals surface area contributed by atoms with Crippen molar-refractivity contribution < 1.29 is 9.53 Å². The van der Waals surface area contributed by atoms with Gasteiger partial charge in [-0.1, -0.05) is 12.1 Å². The number of nitrogens with zero attached hydrogens (tertiary/aromatic N) is 1. The Kier molecular flexibility index (Phi) is 3.98. The molecule has 1 N–H and O–H groups in total. The molecule has 0 spiro atoms. The topological polar surface area (TPSA) is 60.3 Å². The van der Waals surface area contributed by atoms with E-state index in [0.29, 0.717) is 12.0 Å². The number of benzene rings is 1. The van der Waals surface area contributed by atoms with Crippen molar-refractivity contribution in [3.05, 3.63) is 45.7 Å². The third-order valence-electron chi connectivity index (χ3n) is 4.06. The standard InChI is InChI=1S/C17H20N2O3/c1-11(10-22-2)18-17(21)14-9-19-8-4-6-12-5-3-7-13(15(12)19)16(14)20/h3,5,7,9,11H,4,6,8,10H2,1-2H3,(H,18,21)/t11-/m0/s1. The number of nitrogens with one attached hydrogen (secondary N) is 1. The van der Waals surface area contributed by atoms with Gasteiger partial charge in [0.15, 0.2) is 0 Å². The van der Waals surface area contributed by atoms with Gasteiger partial charge in [-0.25, -0.2) is 0 Å². The minimum Gasteiger partial charge on any atom is -0.383 e. The fraction of sp³-hybridized carbons (Fsp3) is 0.412. The molecular formula is C17H20N2O3. The Hall–Kier alpha value is -2.14. The number of aromatic nitrogens is 1. The number of carbonyl (C=O) groups is 1. The molecule has 5 heteroatoms. The van der Waals surface area contributed by atoms with Crippen molar-refractivity contribution in [2.24, 2.45) is 0 Å². The SMILES string of the molecule is COC[C@H](C)NC(=O)c1cn2c3c(cccc3c1=O)CCC2. The van der Waals surface area contributed by atoms with E-state index in [9.17, 15) is 9.59 Å². The molecule has 1 aliphatic rings. The van der Waals surface area contributed by atoms with E-state index in [0.717, 1.165) is 24.9 Å². The summed E-state index contributed by atoms with van der Waals surface area (Å²) in [6.07, 6.45) is 3.70. The van der Waals surface area contributed by atoms with Gasteiger partial charge in [-0.3, -0.25) is 9.59 Å². The van der Waals surface area contributed by atoms with Gasteiger partial charge in [-0.15, -0.1) is 0 Å². The minimum absolute atomic E-state index is 0.139. The number of aryl methyl sites for hydroxylation is 2. The van der Waals surface area contributed by atoms with Crippen LogP contribution in [0.3, 0.4) is 0 Å². The number of hydrogen-bond acceptors (Lipinski definition) is 3. The number of ether oxygens (including phenoxy) is 1. The summed E-state index contributed by atoms with van der Waals surface area (Å²) < 4.78 is 7.05. The summed E-state index contributed by atoms with van der Waals surface area (Å²) in [7, 11) is 1.58.